The molecule has 1 aromatic rings. The van der Waals surface area contributed by atoms with E-state index >= 15 is 0 Å². The van der Waals surface area contributed by atoms with Crippen LogP contribution in [0.25, 0.3) is 0 Å². The van der Waals surface area contributed by atoms with Crippen molar-refractivity contribution in [3.8, 4) is 5.75 Å². The van der Waals surface area contributed by atoms with Gasteiger partial charge in [-0.05, 0) is 5.75 Å². The van der Waals surface area contributed by atoms with Gasteiger partial charge < -0.3 is 5.11 Å². The van der Waals surface area contributed by atoms with Crippen LogP contribution in [0, 0.1) is 20.2 Å². The van der Waals surface area contributed by atoms with Gasteiger partial charge in [-0.3, -0.25) is 20.2 Å². The van der Waals surface area contributed by atoms with E-state index in [0.29, 0.717) is 6.07 Å². The molecule has 14 heavy (non-hydrogen) atoms. The Labute approximate surface area is 99.9 Å². The Balaban J connectivity index is 0.00000169. The minimum Gasteiger partial charge on any atom is -0.868 e. The average molecular weight is 206 g/mol. The molecule has 0 bridgehead atoms. The van der Waals surface area contributed by atoms with E-state index in [-0.39, 0.29) is 29.6 Å². The van der Waals surface area contributed by atoms with Crippen molar-refractivity contribution in [3.05, 3.63) is 38.4 Å². The molecule has 0 unspecified atom stereocenters. The summed E-state index contributed by atoms with van der Waals surface area (Å²) in [5.74, 6) is -0.959. The molecule has 0 saturated carbocycles. The molecular weight excluding hydrogens is 203 g/mol. The molecule has 0 radical (unpaired) electrons. The van der Waals surface area contributed by atoms with E-state index in [1.54, 1.807) is 0 Å². The second-order valence-electron chi connectivity index (χ2n) is 2.17. The van der Waals surface area contributed by atoms with Crippen LogP contribution in [0.2, 0.25) is 0 Å². The summed E-state index contributed by atoms with van der Waals surface area (Å²) in [6.45, 7) is 0. The first kappa shape index (κ1) is 12.8. The van der Waals surface area contributed by atoms with Gasteiger partial charge in [-0.15, -0.1) is 0 Å². The van der Waals surface area contributed by atoms with E-state index in [0.717, 1.165) is 12.1 Å². The van der Waals surface area contributed by atoms with Gasteiger partial charge in [0.2, 0.25) is 0 Å². The van der Waals surface area contributed by atoms with Crippen molar-refractivity contribution in [1.29, 1.82) is 0 Å². The van der Waals surface area contributed by atoms with Gasteiger partial charge in [-0.2, -0.15) is 0 Å². The van der Waals surface area contributed by atoms with Gasteiger partial charge in [0.25, 0.3) is 11.4 Å². The molecule has 0 aromatic heterocycles. The van der Waals surface area contributed by atoms with Crippen LogP contribution in [0.15, 0.2) is 18.2 Å². The number of nitrogens with zero attached hydrogens (tertiary/aromatic N) is 2. The van der Waals surface area contributed by atoms with E-state index in [2.05, 4.69) is 0 Å². The summed E-state index contributed by atoms with van der Waals surface area (Å²) in [6, 6.07) is 2.36. The van der Waals surface area contributed by atoms with Gasteiger partial charge in [0.1, 0.15) is 0 Å². The molecule has 0 atom stereocenters. The summed E-state index contributed by atoms with van der Waals surface area (Å²) in [5, 5.41) is 31.1. The zero-order chi connectivity index (χ0) is 10.0. The molecule has 0 aliphatic carbocycles. The fraction of sp³-hybridized carbons (Fsp3) is 0. The molecule has 1 rings (SSSR count). The minimum atomic E-state index is -0.959. The maximum atomic E-state index is 10.8. The molecule has 0 aliphatic heterocycles. The third-order valence-corrected chi connectivity index (χ3v) is 1.35. The van der Waals surface area contributed by atoms with Crippen LogP contribution in [0.5, 0.6) is 5.75 Å². The molecule has 0 fully saturated rings. The zero-order valence-electron chi connectivity index (χ0n) is 7.17. The molecule has 0 amide bonds. The van der Waals surface area contributed by atoms with Crippen LogP contribution < -0.4 is 34.7 Å². The molecule has 0 N–H and O–H groups in total. The first-order valence-corrected chi connectivity index (χ1v) is 3.12. The number of nitro groups is 2. The van der Waals surface area contributed by atoms with Crippen LogP contribution >= 0.6 is 0 Å². The molecule has 0 spiro atoms. The predicted molar refractivity (Wildman–Crippen MR) is 39.2 cm³/mol. The zero-order valence-corrected chi connectivity index (χ0v) is 9.17. The van der Waals surface area contributed by atoms with Crippen molar-refractivity contribution >= 4 is 11.4 Å². The SMILES string of the molecule is O=[N+]([O-])c1ccc([N+](=O)[O-])c([O-])c1.[Na+]. The third kappa shape index (κ3) is 2.66. The number of hydrogen-bond donors (Lipinski definition) is 0. The van der Waals surface area contributed by atoms with Crippen LogP contribution in [0.4, 0.5) is 11.4 Å². The maximum absolute atomic E-state index is 10.8. The predicted octanol–water partition coefficient (Wildman–Crippen LogP) is -2.42. The monoisotopic (exact) mass is 206 g/mol. The van der Waals surface area contributed by atoms with Crippen molar-refractivity contribution in [3.63, 3.8) is 0 Å². The summed E-state index contributed by atoms with van der Waals surface area (Å²) >= 11 is 0. The summed E-state index contributed by atoms with van der Waals surface area (Å²) < 4.78 is 0. The van der Waals surface area contributed by atoms with Gasteiger partial charge in [0.05, 0.1) is 9.85 Å². The van der Waals surface area contributed by atoms with E-state index in [4.69, 9.17) is 0 Å². The quantitative estimate of drug-likeness (QED) is 0.304. The van der Waals surface area contributed by atoms with Gasteiger partial charge in [-0.25, -0.2) is 0 Å². The third-order valence-electron chi connectivity index (χ3n) is 1.35. The van der Waals surface area contributed by atoms with Gasteiger partial charge in [-0.1, -0.05) is 0 Å². The van der Waals surface area contributed by atoms with Gasteiger partial charge >= 0.3 is 29.6 Å². The largest absolute Gasteiger partial charge is 1.00 e. The summed E-state index contributed by atoms with van der Waals surface area (Å²) in [6.07, 6.45) is 0. The summed E-state index contributed by atoms with van der Waals surface area (Å²) in [5.41, 5.74) is -1.11. The molecule has 8 heteroatoms. The second-order valence-corrected chi connectivity index (χ2v) is 2.17. The van der Waals surface area contributed by atoms with E-state index < -0.39 is 27.0 Å². The van der Waals surface area contributed by atoms with E-state index in [9.17, 15) is 25.3 Å². The van der Waals surface area contributed by atoms with Gasteiger partial charge in [0.15, 0.2) is 0 Å². The summed E-state index contributed by atoms with van der Waals surface area (Å²) in [4.78, 5) is 18.6. The van der Waals surface area contributed by atoms with Crippen molar-refractivity contribution in [2.75, 3.05) is 0 Å². The fourth-order valence-corrected chi connectivity index (χ4v) is 0.767. The van der Waals surface area contributed by atoms with E-state index in [1.165, 1.54) is 0 Å². The molecule has 1 aromatic carbocycles. The topological polar surface area (TPSA) is 109 Å². The fourth-order valence-electron chi connectivity index (χ4n) is 0.767. The molecule has 0 heterocycles. The first-order chi connectivity index (χ1) is 6.02. The molecule has 68 valence electrons. The number of hydrogen-bond acceptors (Lipinski definition) is 5. The van der Waals surface area contributed by atoms with Crippen LogP contribution in [0.1, 0.15) is 0 Å². The average Bonchev–Trinajstić information content (AvgIpc) is 2.03. The second kappa shape index (κ2) is 4.89. The van der Waals surface area contributed by atoms with Crippen molar-refractivity contribution < 1.29 is 44.5 Å². The smallest absolute Gasteiger partial charge is 0.868 e. The standard InChI is InChI=1S/C6H4N2O5.Na/c9-6-3-4(7(10)11)1-2-5(6)8(12)13;/h1-3,9H;/q;+1/p-1. The van der Waals surface area contributed by atoms with Crippen LogP contribution in [0.3, 0.4) is 0 Å². The summed E-state index contributed by atoms with van der Waals surface area (Å²) in [7, 11) is 0. The maximum Gasteiger partial charge on any atom is 1.00 e. The number of rotatable bonds is 2. The van der Waals surface area contributed by atoms with Crippen molar-refractivity contribution in [2.45, 2.75) is 0 Å². The minimum absolute atomic E-state index is 0. The number of non-ortho nitro benzene ring substituents is 1. The van der Waals surface area contributed by atoms with Crippen molar-refractivity contribution in [2.24, 2.45) is 0 Å². The van der Waals surface area contributed by atoms with Crippen molar-refractivity contribution in [1.82, 2.24) is 0 Å². The number of nitro benzene ring substituents is 2. The molecule has 0 saturated heterocycles. The molecule has 7 nitrogen and oxygen atoms in total. The molecular formula is C6H3N2NaO5. The number of benzene rings is 1. The molecule has 0 aliphatic rings. The Hall–Kier alpha value is -1.18. The Morgan fingerprint density at radius 3 is 2.00 bits per heavy atom. The van der Waals surface area contributed by atoms with E-state index in [1.807, 2.05) is 0 Å². The Morgan fingerprint density at radius 1 is 1.07 bits per heavy atom. The Morgan fingerprint density at radius 2 is 1.64 bits per heavy atom. The Kier molecular flexibility index (Phi) is 4.48. The van der Waals surface area contributed by atoms with Crippen LogP contribution in [-0.2, 0) is 0 Å². The first-order valence-electron chi connectivity index (χ1n) is 3.12. The Bertz CT molecular complexity index is 380. The van der Waals surface area contributed by atoms with Crippen LogP contribution in [-0.4, -0.2) is 9.85 Å². The normalized spacial score (nSPS) is 8.86. The van der Waals surface area contributed by atoms with Gasteiger partial charge in [0, 0.05) is 18.2 Å².